The summed E-state index contributed by atoms with van der Waals surface area (Å²) in [7, 11) is 3.92. The van der Waals surface area contributed by atoms with Crippen LogP contribution in [0.1, 0.15) is 43.7 Å². The Morgan fingerprint density at radius 3 is 2.36 bits per heavy atom. The zero-order valence-electron chi connectivity index (χ0n) is 16.7. The number of carbonyl (C=O) groups excluding carboxylic acids is 1. The van der Waals surface area contributed by atoms with Gasteiger partial charge in [0.2, 0.25) is 5.91 Å². The number of benzene rings is 1. The monoisotopic (exact) mass is 418 g/mol. The Kier molecular flexibility index (Phi) is 9.51. The van der Waals surface area contributed by atoms with E-state index in [0.717, 1.165) is 44.4 Å². The van der Waals surface area contributed by atoms with Crippen molar-refractivity contribution in [2.45, 2.75) is 44.8 Å². The lowest BCUT2D eigenvalue weighted by atomic mass is 9.86. The van der Waals surface area contributed by atoms with Gasteiger partial charge >= 0.3 is 6.18 Å². The van der Waals surface area contributed by atoms with Gasteiger partial charge in [0.05, 0.1) is 5.56 Å². The minimum Gasteiger partial charge on any atom is -0.335 e. The van der Waals surface area contributed by atoms with Crippen molar-refractivity contribution in [3.05, 3.63) is 41.5 Å². The molecule has 0 spiro atoms. The molecule has 2 rings (SSSR count). The molecule has 0 saturated heterocycles. The molecule has 0 N–H and O–H groups in total. The fraction of sp³-hybridized carbons (Fsp3) is 0.571. The van der Waals surface area contributed by atoms with Crippen molar-refractivity contribution in [1.82, 2.24) is 9.80 Å². The van der Waals surface area contributed by atoms with E-state index in [2.05, 4.69) is 6.92 Å². The Morgan fingerprint density at radius 1 is 1.14 bits per heavy atom. The number of nitrogens with zero attached hydrogens (tertiary/aromatic N) is 2. The van der Waals surface area contributed by atoms with E-state index in [4.69, 9.17) is 0 Å². The largest absolute Gasteiger partial charge is 0.416 e. The van der Waals surface area contributed by atoms with Crippen molar-refractivity contribution >= 4 is 24.4 Å². The molecule has 1 aromatic carbocycles. The summed E-state index contributed by atoms with van der Waals surface area (Å²) in [6, 6.07) is 5.24. The second kappa shape index (κ2) is 10.9. The highest BCUT2D eigenvalue weighted by Crippen LogP contribution is 2.30. The summed E-state index contributed by atoms with van der Waals surface area (Å²) in [5, 5.41) is 0. The zero-order chi connectivity index (χ0) is 20.0. The number of likely N-dealkylation sites (N-methyl/N-ethyl adjacent to an activating group) is 1. The van der Waals surface area contributed by atoms with Gasteiger partial charge < -0.3 is 9.80 Å². The molecule has 1 aromatic rings. The Bertz CT molecular complexity index is 653. The summed E-state index contributed by atoms with van der Waals surface area (Å²) in [6.07, 6.45) is 2.68. The number of carbonyl (C=O) groups is 1. The SMILES string of the molecule is CN(C)CCN(C(=O)C=Cc1cccc(C(F)(F)F)c1)[C@H]1CC[C@H](C)CC1.Cl. The molecule has 1 aliphatic rings. The van der Waals surface area contributed by atoms with Crippen molar-refractivity contribution in [1.29, 1.82) is 0 Å². The number of rotatable bonds is 6. The fourth-order valence-corrected chi connectivity index (χ4v) is 3.42. The van der Waals surface area contributed by atoms with Crippen LogP contribution in [0.15, 0.2) is 30.3 Å². The summed E-state index contributed by atoms with van der Waals surface area (Å²) in [4.78, 5) is 16.7. The van der Waals surface area contributed by atoms with Crippen molar-refractivity contribution < 1.29 is 18.0 Å². The molecule has 0 radical (unpaired) electrons. The summed E-state index contributed by atoms with van der Waals surface area (Å²) in [5.41, 5.74) is -0.328. The number of hydrogen-bond donors (Lipinski definition) is 0. The Morgan fingerprint density at radius 2 is 1.79 bits per heavy atom. The van der Waals surface area contributed by atoms with Crippen molar-refractivity contribution in [3.8, 4) is 0 Å². The third kappa shape index (κ3) is 7.47. The number of alkyl halides is 3. The van der Waals surface area contributed by atoms with Crippen LogP contribution in [-0.2, 0) is 11.0 Å². The van der Waals surface area contributed by atoms with Gasteiger partial charge in [-0.1, -0.05) is 19.1 Å². The molecule has 0 bridgehead atoms. The topological polar surface area (TPSA) is 23.6 Å². The lowest BCUT2D eigenvalue weighted by Crippen LogP contribution is -2.44. The average Bonchev–Trinajstić information content (AvgIpc) is 2.61. The maximum absolute atomic E-state index is 12.8. The van der Waals surface area contributed by atoms with Gasteiger partial charge in [0, 0.05) is 25.2 Å². The van der Waals surface area contributed by atoms with Crippen LogP contribution in [0.5, 0.6) is 0 Å². The Balaban J connectivity index is 0.00000392. The highest BCUT2D eigenvalue weighted by atomic mass is 35.5. The molecule has 158 valence electrons. The van der Waals surface area contributed by atoms with Crippen molar-refractivity contribution in [2.24, 2.45) is 5.92 Å². The van der Waals surface area contributed by atoms with E-state index in [9.17, 15) is 18.0 Å². The van der Waals surface area contributed by atoms with E-state index in [1.165, 1.54) is 18.2 Å². The number of amides is 1. The van der Waals surface area contributed by atoms with Crippen molar-refractivity contribution in [3.63, 3.8) is 0 Å². The van der Waals surface area contributed by atoms with Gasteiger partial charge in [-0.2, -0.15) is 13.2 Å². The van der Waals surface area contributed by atoms with Gasteiger partial charge in [-0.15, -0.1) is 12.4 Å². The molecule has 0 unspecified atom stereocenters. The van der Waals surface area contributed by atoms with E-state index in [-0.39, 0.29) is 24.4 Å². The van der Waals surface area contributed by atoms with Gasteiger partial charge in [0.1, 0.15) is 0 Å². The minimum absolute atomic E-state index is 0. The molecule has 0 heterocycles. The first kappa shape index (κ1) is 24.5. The molecule has 3 nitrogen and oxygen atoms in total. The summed E-state index contributed by atoms with van der Waals surface area (Å²) >= 11 is 0. The zero-order valence-corrected chi connectivity index (χ0v) is 17.5. The molecule has 1 aliphatic carbocycles. The van der Waals surface area contributed by atoms with Crippen LogP contribution in [0.3, 0.4) is 0 Å². The van der Waals surface area contributed by atoms with E-state index < -0.39 is 11.7 Å². The first-order valence-electron chi connectivity index (χ1n) is 9.47. The predicted molar refractivity (Wildman–Crippen MR) is 109 cm³/mol. The molecule has 1 fully saturated rings. The molecule has 1 saturated carbocycles. The lowest BCUT2D eigenvalue weighted by Gasteiger charge is -2.36. The van der Waals surface area contributed by atoms with Gasteiger partial charge in [0.15, 0.2) is 0 Å². The van der Waals surface area contributed by atoms with E-state index in [1.54, 1.807) is 6.07 Å². The van der Waals surface area contributed by atoms with Crippen LogP contribution in [-0.4, -0.2) is 48.9 Å². The Labute approximate surface area is 172 Å². The minimum atomic E-state index is -4.38. The molecule has 28 heavy (non-hydrogen) atoms. The van der Waals surface area contributed by atoms with Gasteiger partial charge in [0.25, 0.3) is 0 Å². The number of hydrogen-bond acceptors (Lipinski definition) is 2. The molecular weight excluding hydrogens is 389 g/mol. The van der Waals surface area contributed by atoms with E-state index in [0.29, 0.717) is 18.0 Å². The van der Waals surface area contributed by atoms with E-state index in [1.807, 2.05) is 23.9 Å². The van der Waals surface area contributed by atoms with Crippen LogP contribution < -0.4 is 0 Å². The first-order chi connectivity index (χ1) is 12.7. The van der Waals surface area contributed by atoms with Crippen LogP contribution in [0, 0.1) is 5.92 Å². The second-order valence-electron chi connectivity index (χ2n) is 7.71. The van der Waals surface area contributed by atoms with Crippen LogP contribution in [0.25, 0.3) is 6.08 Å². The normalized spacial score (nSPS) is 20.2. The maximum atomic E-state index is 12.8. The van der Waals surface area contributed by atoms with Gasteiger partial charge in [-0.25, -0.2) is 0 Å². The molecule has 0 atom stereocenters. The number of halogens is 4. The van der Waals surface area contributed by atoms with Crippen LogP contribution >= 0.6 is 12.4 Å². The fourth-order valence-electron chi connectivity index (χ4n) is 3.42. The molecule has 1 amide bonds. The maximum Gasteiger partial charge on any atom is 0.416 e. The third-order valence-corrected chi connectivity index (χ3v) is 5.13. The van der Waals surface area contributed by atoms with Gasteiger partial charge in [-0.3, -0.25) is 4.79 Å². The lowest BCUT2D eigenvalue weighted by molar-refractivity contribution is -0.137. The summed E-state index contributed by atoms with van der Waals surface area (Å²) in [6.45, 7) is 3.61. The Hall–Kier alpha value is -1.53. The standard InChI is InChI=1S/C21H29F3N2O.ClH/c1-16-7-10-19(11-8-16)26(14-13-25(2)3)20(27)12-9-17-5-4-6-18(15-17)21(22,23)24;/h4-6,9,12,15-16,19H,7-8,10-11,13-14H2,1-3H3;1H/t16-,19-;. The van der Waals surface area contributed by atoms with Crippen LogP contribution in [0.2, 0.25) is 0 Å². The summed E-state index contributed by atoms with van der Waals surface area (Å²) < 4.78 is 38.5. The molecular formula is C21H30ClF3N2O. The van der Waals surface area contributed by atoms with Crippen LogP contribution in [0.4, 0.5) is 13.2 Å². The second-order valence-corrected chi connectivity index (χ2v) is 7.71. The molecule has 0 aromatic heterocycles. The molecule has 0 aliphatic heterocycles. The van der Waals surface area contributed by atoms with Gasteiger partial charge in [-0.05, 0) is 69.5 Å². The first-order valence-corrected chi connectivity index (χ1v) is 9.47. The third-order valence-electron chi connectivity index (χ3n) is 5.13. The summed E-state index contributed by atoms with van der Waals surface area (Å²) in [5.74, 6) is 0.557. The highest BCUT2D eigenvalue weighted by Gasteiger charge is 2.30. The molecule has 7 heteroatoms. The van der Waals surface area contributed by atoms with Crippen molar-refractivity contribution in [2.75, 3.05) is 27.2 Å². The highest BCUT2D eigenvalue weighted by molar-refractivity contribution is 5.92. The predicted octanol–water partition coefficient (Wildman–Crippen LogP) is 5.11. The average molecular weight is 419 g/mol. The smallest absolute Gasteiger partial charge is 0.335 e. The quantitative estimate of drug-likeness (QED) is 0.599. The van der Waals surface area contributed by atoms with E-state index >= 15 is 0 Å².